The third-order valence-corrected chi connectivity index (χ3v) is 4.64. The van der Waals surface area contributed by atoms with Crippen molar-refractivity contribution in [3.05, 3.63) is 65.7 Å². The number of carbonyl (C=O) groups is 2. The number of urea groups is 1. The molecule has 1 saturated heterocycles. The molecule has 1 aliphatic rings. The standard InChI is InChI=1S/C21H25N3O2/c1-16-7-9-19(10-8-16)24-15-18(13-20(24)25)14-23-21(26)22-12-11-17-5-3-2-4-6-17/h2-10,18H,11-15H2,1H3,(H2,22,23,26)/t18-/m1/s1. The van der Waals surface area contributed by atoms with Crippen LogP contribution in [-0.2, 0) is 11.2 Å². The minimum Gasteiger partial charge on any atom is -0.338 e. The van der Waals surface area contributed by atoms with E-state index in [4.69, 9.17) is 0 Å². The molecule has 0 unspecified atom stereocenters. The largest absolute Gasteiger partial charge is 0.338 e. The van der Waals surface area contributed by atoms with Crippen molar-refractivity contribution >= 4 is 17.6 Å². The van der Waals surface area contributed by atoms with Crippen LogP contribution in [0.1, 0.15) is 17.5 Å². The first-order valence-electron chi connectivity index (χ1n) is 9.04. The Hall–Kier alpha value is -2.82. The summed E-state index contributed by atoms with van der Waals surface area (Å²) in [6, 6.07) is 17.8. The van der Waals surface area contributed by atoms with Crippen LogP contribution in [0.25, 0.3) is 0 Å². The van der Waals surface area contributed by atoms with Gasteiger partial charge in [0, 0.05) is 37.7 Å². The van der Waals surface area contributed by atoms with E-state index in [1.165, 1.54) is 11.1 Å². The van der Waals surface area contributed by atoms with Crippen LogP contribution >= 0.6 is 0 Å². The highest BCUT2D eigenvalue weighted by atomic mass is 16.2. The van der Waals surface area contributed by atoms with E-state index < -0.39 is 0 Å². The number of hydrogen-bond acceptors (Lipinski definition) is 2. The van der Waals surface area contributed by atoms with E-state index >= 15 is 0 Å². The van der Waals surface area contributed by atoms with Crippen LogP contribution in [0, 0.1) is 12.8 Å². The molecular formula is C21H25N3O2. The van der Waals surface area contributed by atoms with Crippen LogP contribution in [0.5, 0.6) is 0 Å². The van der Waals surface area contributed by atoms with Crippen molar-refractivity contribution in [2.45, 2.75) is 19.8 Å². The van der Waals surface area contributed by atoms with Crippen LogP contribution in [0.3, 0.4) is 0 Å². The summed E-state index contributed by atoms with van der Waals surface area (Å²) in [5.74, 6) is 0.258. The van der Waals surface area contributed by atoms with Crippen molar-refractivity contribution in [1.82, 2.24) is 10.6 Å². The molecule has 0 aromatic heterocycles. The summed E-state index contributed by atoms with van der Waals surface area (Å²) in [4.78, 5) is 26.0. The Kier molecular flexibility index (Phi) is 5.89. The smallest absolute Gasteiger partial charge is 0.314 e. The van der Waals surface area contributed by atoms with E-state index in [9.17, 15) is 9.59 Å². The van der Waals surface area contributed by atoms with Gasteiger partial charge in [-0.1, -0.05) is 48.0 Å². The first-order valence-corrected chi connectivity index (χ1v) is 9.04. The first-order chi connectivity index (χ1) is 12.6. The molecule has 5 nitrogen and oxygen atoms in total. The lowest BCUT2D eigenvalue weighted by Gasteiger charge is -2.17. The predicted octanol–water partition coefficient (Wildman–Crippen LogP) is 2.89. The maximum Gasteiger partial charge on any atom is 0.314 e. The number of anilines is 1. The second-order valence-electron chi connectivity index (χ2n) is 6.78. The fourth-order valence-corrected chi connectivity index (χ4v) is 3.16. The van der Waals surface area contributed by atoms with Crippen LogP contribution in [0.4, 0.5) is 10.5 Å². The number of nitrogens with one attached hydrogen (secondary N) is 2. The lowest BCUT2D eigenvalue weighted by atomic mass is 10.1. The summed E-state index contributed by atoms with van der Waals surface area (Å²) in [5.41, 5.74) is 3.30. The highest BCUT2D eigenvalue weighted by Crippen LogP contribution is 2.24. The molecule has 1 atom stereocenters. The maximum atomic E-state index is 12.2. The maximum absolute atomic E-state index is 12.2. The molecule has 2 N–H and O–H groups in total. The van der Waals surface area contributed by atoms with Gasteiger partial charge in [-0.3, -0.25) is 4.79 Å². The van der Waals surface area contributed by atoms with E-state index in [0.717, 1.165) is 12.1 Å². The van der Waals surface area contributed by atoms with Crippen molar-refractivity contribution in [2.75, 3.05) is 24.5 Å². The molecule has 26 heavy (non-hydrogen) atoms. The van der Waals surface area contributed by atoms with Crippen molar-refractivity contribution in [3.63, 3.8) is 0 Å². The van der Waals surface area contributed by atoms with Gasteiger partial charge in [0.05, 0.1) is 0 Å². The second-order valence-corrected chi connectivity index (χ2v) is 6.78. The fourth-order valence-electron chi connectivity index (χ4n) is 3.16. The summed E-state index contributed by atoms with van der Waals surface area (Å²) >= 11 is 0. The second kappa shape index (κ2) is 8.52. The first kappa shape index (κ1) is 18.0. The van der Waals surface area contributed by atoms with Gasteiger partial charge in [-0.25, -0.2) is 4.79 Å². The molecule has 1 heterocycles. The molecule has 3 amide bonds. The highest BCUT2D eigenvalue weighted by Gasteiger charge is 2.30. The average Bonchev–Trinajstić information content (AvgIpc) is 3.02. The minimum absolute atomic E-state index is 0.116. The monoisotopic (exact) mass is 351 g/mol. The predicted molar refractivity (Wildman–Crippen MR) is 103 cm³/mol. The molecule has 1 aliphatic heterocycles. The van der Waals surface area contributed by atoms with Crippen molar-refractivity contribution < 1.29 is 9.59 Å². The van der Waals surface area contributed by atoms with Gasteiger partial charge in [-0.15, -0.1) is 0 Å². The number of hydrogen-bond donors (Lipinski definition) is 2. The topological polar surface area (TPSA) is 61.4 Å². The molecule has 1 fully saturated rings. The number of carbonyl (C=O) groups excluding carboxylic acids is 2. The molecule has 0 radical (unpaired) electrons. The van der Waals surface area contributed by atoms with E-state index in [1.54, 1.807) is 4.90 Å². The van der Waals surface area contributed by atoms with E-state index in [-0.39, 0.29) is 17.9 Å². The van der Waals surface area contributed by atoms with Gasteiger partial charge < -0.3 is 15.5 Å². The molecule has 0 bridgehead atoms. The van der Waals surface area contributed by atoms with Gasteiger partial charge in [-0.2, -0.15) is 0 Å². The molecule has 136 valence electrons. The molecule has 0 aliphatic carbocycles. The Labute approximate surface area is 154 Å². The number of amides is 3. The van der Waals surface area contributed by atoms with Crippen molar-refractivity contribution in [3.8, 4) is 0 Å². The summed E-state index contributed by atoms with van der Waals surface area (Å²) in [6.45, 7) is 3.77. The fraction of sp³-hybridized carbons (Fsp3) is 0.333. The average molecular weight is 351 g/mol. The molecule has 5 heteroatoms. The number of benzene rings is 2. The van der Waals surface area contributed by atoms with Gasteiger partial charge in [0.15, 0.2) is 0 Å². The highest BCUT2D eigenvalue weighted by molar-refractivity contribution is 5.95. The van der Waals surface area contributed by atoms with Crippen LogP contribution < -0.4 is 15.5 Å². The molecule has 0 saturated carbocycles. The van der Waals surface area contributed by atoms with Crippen LogP contribution in [0.15, 0.2) is 54.6 Å². The zero-order valence-electron chi connectivity index (χ0n) is 15.1. The van der Waals surface area contributed by atoms with Gasteiger partial charge in [0.25, 0.3) is 0 Å². The minimum atomic E-state index is -0.179. The van der Waals surface area contributed by atoms with Gasteiger partial charge in [0.2, 0.25) is 5.91 Å². The molecule has 2 aromatic carbocycles. The number of nitrogens with zero attached hydrogens (tertiary/aromatic N) is 1. The van der Waals surface area contributed by atoms with Crippen molar-refractivity contribution in [1.29, 1.82) is 0 Å². The molecular weight excluding hydrogens is 326 g/mol. The lowest BCUT2D eigenvalue weighted by molar-refractivity contribution is -0.117. The molecule has 2 aromatic rings. The Bertz CT molecular complexity index is 744. The van der Waals surface area contributed by atoms with E-state index in [0.29, 0.717) is 26.1 Å². The Morgan fingerprint density at radius 3 is 2.54 bits per heavy atom. The van der Waals surface area contributed by atoms with Gasteiger partial charge in [0.1, 0.15) is 0 Å². The zero-order valence-corrected chi connectivity index (χ0v) is 15.1. The Balaban J connectivity index is 1.40. The van der Waals surface area contributed by atoms with Crippen LogP contribution in [-0.4, -0.2) is 31.6 Å². The van der Waals surface area contributed by atoms with Crippen molar-refractivity contribution in [2.24, 2.45) is 5.92 Å². The third kappa shape index (κ3) is 4.85. The van der Waals surface area contributed by atoms with Gasteiger partial charge in [-0.05, 0) is 31.0 Å². The Morgan fingerprint density at radius 2 is 1.81 bits per heavy atom. The summed E-state index contributed by atoms with van der Waals surface area (Å²) in [5, 5.41) is 5.75. The summed E-state index contributed by atoms with van der Waals surface area (Å²) < 4.78 is 0. The third-order valence-electron chi connectivity index (χ3n) is 4.64. The molecule has 0 spiro atoms. The lowest BCUT2D eigenvalue weighted by Crippen LogP contribution is -2.39. The number of aryl methyl sites for hydroxylation is 1. The van der Waals surface area contributed by atoms with Crippen LogP contribution in [0.2, 0.25) is 0 Å². The number of rotatable bonds is 6. The Morgan fingerprint density at radius 1 is 1.08 bits per heavy atom. The van der Waals surface area contributed by atoms with E-state index in [2.05, 4.69) is 10.6 Å². The SMILES string of the molecule is Cc1ccc(N2C[C@@H](CNC(=O)NCCc3ccccc3)CC2=O)cc1. The molecule has 3 rings (SSSR count). The summed E-state index contributed by atoms with van der Waals surface area (Å²) in [6.07, 6.45) is 1.27. The quantitative estimate of drug-likeness (QED) is 0.841. The van der Waals surface area contributed by atoms with Gasteiger partial charge >= 0.3 is 6.03 Å². The van der Waals surface area contributed by atoms with E-state index in [1.807, 2.05) is 61.5 Å². The normalized spacial score (nSPS) is 16.6. The summed E-state index contributed by atoms with van der Waals surface area (Å²) in [7, 11) is 0. The zero-order chi connectivity index (χ0) is 18.4.